The first kappa shape index (κ1) is 6.62. The normalized spacial score (nSPS) is 28.0. The van der Waals surface area contributed by atoms with Gasteiger partial charge in [-0.25, -0.2) is 0 Å². The zero-order valence-electron chi connectivity index (χ0n) is 6.29. The van der Waals surface area contributed by atoms with E-state index in [9.17, 15) is 0 Å². The Hall–Kier alpha value is -1.08. The lowest BCUT2D eigenvalue weighted by Crippen LogP contribution is -2.02. The van der Waals surface area contributed by atoms with Crippen molar-refractivity contribution in [1.29, 1.82) is 0 Å². The van der Waals surface area contributed by atoms with Crippen molar-refractivity contribution in [1.82, 2.24) is 0 Å². The number of hydrogen-bond acceptors (Lipinski definition) is 1. The van der Waals surface area contributed by atoms with E-state index in [0.29, 0.717) is 0 Å². The van der Waals surface area contributed by atoms with E-state index >= 15 is 0 Å². The van der Waals surface area contributed by atoms with Gasteiger partial charge in [0.2, 0.25) is 0 Å². The first-order valence-electron chi connectivity index (χ1n) is 3.70. The van der Waals surface area contributed by atoms with Crippen LogP contribution in [0.3, 0.4) is 0 Å². The van der Waals surface area contributed by atoms with E-state index in [1.807, 2.05) is 24.3 Å². The molecule has 1 aliphatic rings. The Labute approximate surface area is 66.3 Å². The van der Waals surface area contributed by atoms with Crippen molar-refractivity contribution in [3.63, 3.8) is 0 Å². The van der Waals surface area contributed by atoms with Gasteiger partial charge in [0.15, 0.2) is 0 Å². The van der Waals surface area contributed by atoms with E-state index in [4.69, 9.17) is 4.74 Å². The Morgan fingerprint density at radius 1 is 1.36 bits per heavy atom. The molecule has 0 amide bonds. The highest BCUT2D eigenvalue weighted by Gasteiger charge is 2.42. The lowest BCUT2D eigenvalue weighted by molar-refractivity contribution is 0.357. The van der Waals surface area contributed by atoms with Crippen LogP contribution in [0.5, 0.6) is 0 Å². The Kier molecular flexibility index (Phi) is 1.33. The molecule has 1 heterocycles. The minimum Gasteiger partial charge on any atom is -0.360 e. The Balaban J connectivity index is 2.37. The quantitative estimate of drug-likeness (QED) is 0.460. The molecule has 1 aromatic carbocycles. The summed E-state index contributed by atoms with van der Waals surface area (Å²) in [6, 6.07) is 10.2. The van der Waals surface area contributed by atoms with E-state index < -0.39 is 0 Å². The molecule has 11 heavy (non-hydrogen) atoms. The molecule has 0 saturated carbocycles. The number of epoxide rings is 1. The summed E-state index contributed by atoms with van der Waals surface area (Å²) >= 11 is 0. The van der Waals surface area contributed by atoms with E-state index in [1.54, 1.807) is 0 Å². The summed E-state index contributed by atoms with van der Waals surface area (Å²) in [6.45, 7) is 4.52. The fourth-order valence-electron chi connectivity index (χ4n) is 1.20. The maximum Gasteiger partial charge on any atom is 0.134 e. The van der Waals surface area contributed by atoms with Gasteiger partial charge in [-0.2, -0.15) is 0 Å². The summed E-state index contributed by atoms with van der Waals surface area (Å²) in [6.07, 6.45) is 1.86. The molecule has 1 unspecified atom stereocenters. The second kappa shape index (κ2) is 2.21. The zero-order valence-corrected chi connectivity index (χ0v) is 6.29. The molecule has 1 fully saturated rings. The van der Waals surface area contributed by atoms with Crippen LogP contribution in [-0.4, -0.2) is 6.61 Å². The van der Waals surface area contributed by atoms with Crippen LogP contribution in [0, 0.1) is 0 Å². The zero-order chi connectivity index (χ0) is 7.73. The molecular formula is C10H10O. The number of benzene rings is 1. The maximum atomic E-state index is 5.31. The highest BCUT2D eigenvalue weighted by molar-refractivity contribution is 5.31. The van der Waals surface area contributed by atoms with Crippen LogP contribution in [0.15, 0.2) is 43.0 Å². The predicted molar refractivity (Wildman–Crippen MR) is 44.3 cm³/mol. The fourth-order valence-corrected chi connectivity index (χ4v) is 1.20. The molecule has 1 nitrogen and oxygen atoms in total. The van der Waals surface area contributed by atoms with Crippen molar-refractivity contribution in [3.8, 4) is 0 Å². The van der Waals surface area contributed by atoms with Crippen LogP contribution < -0.4 is 0 Å². The maximum absolute atomic E-state index is 5.31. The van der Waals surface area contributed by atoms with Crippen LogP contribution in [0.4, 0.5) is 0 Å². The molecule has 1 saturated heterocycles. The van der Waals surface area contributed by atoms with Gasteiger partial charge in [0.05, 0.1) is 6.61 Å². The number of rotatable bonds is 2. The van der Waals surface area contributed by atoms with Crippen molar-refractivity contribution in [3.05, 3.63) is 48.6 Å². The molecule has 0 N–H and O–H groups in total. The monoisotopic (exact) mass is 146 g/mol. The van der Waals surface area contributed by atoms with E-state index in [1.165, 1.54) is 5.56 Å². The molecule has 2 rings (SSSR count). The summed E-state index contributed by atoms with van der Waals surface area (Å²) in [7, 11) is 0. The summed E-state index contributed by atoms with van der Waals surface area (Å²) in [5, 5.41) is 0. The van der Waals surface area contributed by atoms with E-state index in [2.05, 4.69) is 18.7 Å². The average molecular weight is 146 g/mol. The molecule has 0 radical (unpaired) electrons. The fraction of sp³-hybridized carbons (Fsp3) is 0.200. The van der Waals surface area contributed by atoms with Gasteiger partial charge in [-0.3, -0.25) is 0 Å². The van der Waals surface area contributed by atoms with Crippen molar-refractivity contribution in [2.24, 2.45) is 0 Å². The summed E-state index contributed by atoms with van der Waals surface area (Å²) in [5.41, 5.74) is 1.05. The van der Waals surface area contributed by atoms with Gasteiger partial charge in [0.25, 0.3) is 0 Å². The SMILES string of the molecule is C=CC1(c2ccccc2)CO1. The van der Waals surface area contributed by atoms with E-state index in [0.717, 1.165) is 6.61 Å². The molecule has 0 spiro atoms. The van der Waals surface area contributed by atoms with Crippen molar-refractivity contribution in [2.75, 3.05) is 6.61 Å². The number of ether oxygens (including phenoxy) is 1. The van der Waals surface area contributed by atoms with Crippen LogP contribution in [0.2, 0.25) is 0 Å². The van der Waals surface area contributed by atoms with Crippen LogP contribution in [0.1, 0.15) is 5.56 Å². The topological polar surface area (TPSA) is 12.5 Å². The van der Waals surface area contributed by atoms with Crippen molar-refractivity contribution in [2.45, 2.75) is 5.60 Å². The van der Waals surface area contributed by atoms with Gasteiger partial charge in [0, 0.05) is 0 Å². The average Bonchev–Trinajstić information content (AvgIpc) is 2.86. The highest BCUT2D eigenvalue weighted by atomic mass is 16.6. The summed E-state index contributed by atoms with van der Waals surface area (Å²) in [5.74, 6) is 0. The van der Waals surface area contributed by atoms with Crippen LogP contribution in [-0.2, 0) is 10.3 Å². The molecule has 1 aromatic rings. The lowest BCUT2D eigenvalue weighted by atomic mass is 10.0. The first-order chi connectivity index (χ1) is 5.37. The largest absolute Gasteiger partial charge is 0.360 e. The second-order valence-electron chi connectivity index (χ2n) is 2.75. The molecule has 1 heteroatoms. The van der Waals surface area contributed by atoms with Crippen molar-refractivity contribution >= 4 is 0 Å². The summed E-state index contributed by atoms with van der Waals surface area (Å²) in [4.78, 5) is 0. The van der Waals surface area contributed by atoms with Crippen molar-refractivity contribution < 1.29 is 4.74 Å². The minimum absolute atomic E-state index is 0.152. The molecule has 56 valence electrons. The Morgan fingerprint density at radius 3 is 2.45 bits per heavy atom. The first-order valence-corrected chi connectivity index (χ1v) is 3.70. The lowest BCUT2D eigenvalue weighted by Gasteiger charge is -2.04. The van der Waals surface area contributed by atoms with E-state index in [-0.39, 0.29) is 5.60 Å². The Bertz CT molecular complexity index is 259. The second-order valence-corrected chi connectivity index (χ2v) is 2.75. The minimum atomic E-state index is -0.152. The van der Waals surface area contributed by atoms with Gasteiger partial charge >= 0.3 is 0 Å². The predicted octanol–water partition coefficient (Wildman–Crippen LogP) is 2.10. The van der Waals surface area contributed by atoms with Gasteiger partial charge in [-0.05, 0) is 5.56 Å². The van der Waals surface area contributed by atoms with Crippen LogP contribution >= 0.6 is 0 Å². The van der Waals surface area contributed by atoms with Gasteiger partial charge in [-0.1, -0.05) is 43.0 Å². The number of hydrogen-bond donors (Lipinski definition) is 0. The van der Waals surface area contributed by atoms with Gasteiger partial charge in [-0.15, -0.1) is 0 Å². The van der Waals surface area contributed by atoms with Crippen LogP contribution in [0.25, 0.3) is 0 Å². The third kappa shape index (κ3) is 0.976. The summed E-state index contributed by atoms with van der Waals surface area (Å²) < 4.78 is 5.31. The molecule has 1 aliphatic heterocycles. The molecular weight excluding hydrogens is 136 g/mol. The Morgan fingerprint density at radius 2 is 2.00 bits per heavy atom. The van der Waals surface area contributed by atoms with Gasteiger partial charge in [0.1, 0.15) is 5.60 Å². The molecule has 1 atom stereocenters. The third-order valence-electron chi connectivity index (χ3n) is 2.05. The third-order valence-corrected chi connectivity index (χ3v) is 2.05. The smallest absolute Gasteiger partial charge is 0.134 e. The molecule has 0 aromatic heterocycles. The highest BCUT2D eigenvalue weighted by Crippen LogP contribution is 2.39. The van der Waals surface area contributed by atoms with Gasteiger partial charge < -0.3 is 4.74 Å². The molecule has 0 bridgehead atoms. The molecule has 0 aliphatic carbocycles. The standard InChI is InChI=1S/C10H10O/c1-2-10(8-11-10)9-6-4-3-5-7-9/h2-7H,1,8H2.